The lowest BCUT2D eigenvalue weighted by molar-refractivity contribution is 0.0995. The van der Waals surface area contributed by atoms with E-state index in [2.05, 4.69) is 9.97 Å². The molecule has 5 nitrogen and oxygen atoms in total. The van der Waals surface area contributed by atoms with Crippen LogP contribution in [-0.2, 0) is 6.42 Å². The predicted molar refractivity (Wildman–Crippen MR) is 42.5 cm³/mol. The lowest BCUT2D eigenvalue weighted by Crippen LogP contribution is -2.12. The minimum atomic E-state index is -0.542. The molecule has 66 valence electrons. The Labute approximate surface area is 69.6 Å². The second-order valence-corrected chi connectivity index (χ2v) is 2.66. The van der Waals surface area contributed by atoms with E-state index in [1.807, 2.05) is 0 Å². The fourth-order valence-corrected chi connectivity index (χ4v) is 0.871. The Balaban J connectivity index is 2.71. The first kappa shape index (κ1) is 8.73. The molecule has 1 amide bonds. The number of hydrogen-bond donors (Lipinski definition) is 3. The molecule has 1 aromatic heterocycles. The van der Waals surface area contributed by atoms with E-state index in [9.17, 15) is 4.79 Å². The van der Waals surface area contributed by atoms with Crippen LogP contribution in [0, 0.1) is 0 Å². The molecule has 0 spiro atoms. The Morgan fingerprint density at radius 3 is 3.00 bits per heavy atom. The second-order valence-electron chi connectivity index (χ2n) is 2.66. The van der Waals surface area contributed by atoms with E-state index in [-0.39, 0.29) is 5.69 Å². The minimum Gasteiger partial charge on any atom is -0.393 e. The molecule has 0 saturated carbocycles. The lowest BCUT2D eigenvalue weighted by Gasteiger charge is -1.98. The highest BCUT2D eigenvalue weighted by Gasteiger charge is 2.06. The maximum absolute atomic E-state index is 10.6. The zero-order chi connectivity index (χ0) is 9.14. The summed E-state index contributed by atoms with van der Waals surface area (Å²) in [6, 6.07) is 0. The van der Waals surface area contributed by atoms with Crippen LogP contribution in [0.1, 0.15) is 23.2 Å². The maximum atomic E-state index is 10.6. The molecule has 0 fully saturated rings. The van der Waals surface area contributed by atoms with Gasteiger partial charge in [-0.2, -0.15) is 0 Å². The molecule has 0 saturated heterocycles. The van der Waals surface area contributed by atoms with Crippen molar-refractivity contribution >= 4 is 5.91 Å². The third-order valence-electron chi connectivity index (χ3n) is 1.38. The topological polar surface area (TPSA) is 92.0 Å². The van der Waals surface area contributed by atoms with Crippen molar-refractivity contribution in [2.45, 2.75) is 19.4 Å². The number of aliphatic hydroxyl groups excluding tert-OH is 1. The van der Waals surface area contributed by atoms with Crippen LogP contribution in [0.25, 0.3) is 0 Å². The van der Waals surface area contributed by atoms with E-state index in [1.54, 1.807) is 6.92 Å². The van der Waals surface area contributed by atoms with E-state index in [4.69, 9.17) is 10.8 Å². The molecule has 0 aliphatic heterocycles. The number of aromatic amines is 1. The SMILES string of the molecule is CC(O)Cc1ncc(C(N)=O)[nH]1. The van der Waals surface area contributed by atoms with Gasteiger partial charge in [-0.05, 0) is 6.92 Å². The lowest BCUT2D eigenvalue weighted by atomic mass is 10.3. The summed E-state index contributed by atoms with van der Waals surface area (Å²) in [6.45, 7) is 1.65. The van der Waals surface area contributed by atoms with Gasteiger partial charge in [0.15, 0.2) is 0 Å². The summed E-state index contributed by atoms with van der Waals surface area (Å²) >= 11 is 0. The highest BCUT2D eigenvalue weighted by Crippen LogP contribution is 1.99. The van der Waals surface area contributed by atoms with E-state index < -0.39 is 12.0 Å². The highest BCUT2D eigenvalue weighted by atomic mass is 16.3. The number of imidazole rings is 1. The molecule has 0 aromatic carbocycles. The monoisotopic (exact) mass is 169 g/mol. The number of nitrogens with two attached hydrogens (primary N) is 1. The van der Waals surface area contributed by atoms with Crippen LogP contribution in [-0.4, -0.2) is 27.1 Å². The quantitative estimate of drug-likeness (QED) is 0.565. The zero-order valence-electron chi connectivity index (χ0n) is 6.74. The van der Waals surface area contributed by atoms with Crippen LogP contribution in [0.2, 0.25) is 0 Å². The van der Waals surface area contributed by atoms with Crippen molar-refractivity contribution in [2.75, 3.05) is 0 Å². The van der Waals surface area contributed by atoms with Gasteiger partial charge >= 0.3 is 0 Å². The van der Waals surface area contributed by atoms with Crippen molar-refractivity contribution < 1.29 is 9.90 Å². The number of hydrogen-bond acceptors (Lipinski definition) is 3. The third kappa shape index (κ3) is 2.06. The van der Waals surface area contributed by atoms with Gasteiger partial charge in [0.05, 0.1) is 12.3 Å². The number of rotatable bonds is 3. The van der Waals surface area contributed by atoms with Gasteiger partial charge in [0.1, 0.15) is 11.5 Å². The van der Waals surface area contributed by atoms with Crippen LogP contribution in [0.4, 0.5) is 0 Å². The molecule has 1 heterocycles. The number of carbonyl (C=O) groups excluding carboxylic acids is 1. The summed E-state index contributed by atoms with van der Waals surface area (Å²) in [5, 5.41) is 8.98. The van der Waals surface area contributed by atoms with Gasteiger partial charge in [-0.1, -0.05) is 0 Å². The molecule has 0 aliphatic rings. The summed E-state index contributed by atoms with van der Waals surface area (Å²) < 4.78 is 0. The number of nitrogens with one attached hydrogen (secondary N) is 1. The number of primary amides is 1. The second kappa shape index (κ2) is 3.36. The van der Waals surface area contributed by atoms with Gasteiger partial charge < -0.3 is 15.8 Å². The normalized spacial score (nSPS) is 12.8. The summed E-state index contributed by atoms with van der Waals surface area (Å²) in [6.07, 6.45) is 1.28. The van der Waals surface area contributed by atoms with Crippen molar-refractivity contribution in [3.05, 3.63) is 17.7 Å². The number of aliphatic hydroxyl groups is 1. The molecular weight excluding hydrogens is 158 g/mol. The molecule has 4 N–H and O–H groups in total. The molecule has 5 heteroatoms. The van der Waals surface area contributed by atoms with Crippen molar-refractivity contribution in [3.8, 4) is 0 Å². The van der Waals surface area contributed by atoms with Gasteiger partial charge in [0.2, 0.25) is 0 Å². The standard InChI is InChI=1S/C7H11N3O2/c1-4(11)2-6-9-3-5(10-6)7(8)12/h3-4,11H,2H2,1H3,(H2,8,12)(H,9,10). The molecule has 0 aliphatic carbocycles. The van der Waals surface area contributed by atoms with Gasteiger partial charge in [0.25, 0.3) is 5.91 Å². The first-order chi connectivity index (χ1) is 5.59. The van der Waals surface area contributed by atoms with E-state index in [0.29, 0.717) is 12.2 Å². The molecule has 12 heavy (non-hydrogen) atoms. The molecule has 1 aromatic rings. The van der Waals surface area contributed by atoms with Crippen LogP contribution < -0.4 is 5.73 Å². The Kier molecular flexibility index (Phi) is 2.44. The average Bonchev–Trinajstić information content (AvgIpc) is 2.34. The van der Waals surface area contributed by atoms with E-state index >= 15 is 0 Å². The fourth-order valence-electron chi connectivity index (χ4n) is 0.871. The minimum absolute atomic E-state index is 0.269. The summed E-state index contributed by atoms with van der Waals surface area (Å²) in [5.41, 5.74) is 5.25. The molecule has 1 unspecified atom stereocenters. The zero-order valence-corrected chi connectivity index (χ0v) is 6.74. The van der Waals surface area contributed by atoms with E-state index in [1.165, 1.54) is 6.20 Å². The molecule has 0 bridgehead atoms. The first-order valence-corrected chi connectivity index (χ1v) is 3.61. The smallest absolute Gasteiger partial charge is 0.266 e. The van der Waals surface area contributed by atoms with Gasteiger partial charge in [-0.3, -0.25) is 4.79 Å². The molecule has 1 atom stereocenters. The summed E-state index contributed by atoms with van der Waals surface area (Å²) in [5.74, 6) is 0.0261. The molecular formula is C7H11N3O2. The predicted octanol–water partition coefficient (Wildman–Crippen LogP) is -0.568. The molecule has 0 radical (unpaired) electrons. The maximum Gasteiger partial charge on any atom is 0.266 e. The number of carbonyl (C=O) groups is 1. The fraction of sp³-hybridized carbons (Fsp3) is 0.429. The third-order valence-corrected chi connectivity index (χ3v) is 1.38. The molecule has 1 rings (SSSR count). The van der Waals surface area contributed by atoms with Crippen molar-refractivity contribution in [1.29, 1.82) is 0 Å². The Bertz CT molecular complexity index is 280. The van der Waals surface area contributed by atoms with Crippen molar-refractivity contribution in [2.24, 2.45) is 5.73 Å². The Morgan fingerprint density at radius 2 is 2.58 bits per heavy atom. The van der Waals surface area contributed by atoms with Crippen LogP contribution >= 0.6 is 0 Å². The number of amides is 1. The highest BCUT2D eigenvalue weighted by molar-refractivity contribution is 5.90. The number of nitrogens with zero attached hydrogens (tertiary/aromatic N) is 1. The van der Waals surface area contributed by atoms with Crippen LogP contribution in [0.15, 0.2) is 6.20 Å². The van der Waals surface area contributed by atoms with Gasteiger partial charge in [-0.25, -0.2) is 4.98 Å². The number of aromatic nitrogens is 2. The van der Waals surface area contributed by atoms with Crippen LogP contribution in [0.5, 0.6) is 0 Å². The first-order valence-electron chi connectivity index (χ1n) is 3.61. The van der Waals surface area contributed by atoms with Crippen LogP contribution in [0.3, 0.4) is 0 Å². The summed E-state index contributed by atoms with van der Waals surface area (Å²) in [7, 11) is 0. The Morgan fingerprint density at radius 1 is 1.92 bits per heavy atom. The average molecular weight is 169 g/mol. The van der Waals surface area contributed by atoms with E-state index in [0.717, 1.165) is 0 Å². The van der Waals surface area contributed by atoms with Crippen molar-refractivity contribution in [3.63, 3.8) is 0 Å². The Hall–Kier alpha value is -1.36. The summed E-state index contributed by atoms with van der Waals surface area (Å²) in [4.78, 5) is 17.1. The largest absolute Gasteiger partial charge is 0.393 e. The van der Waals surface area contributed by atoms with Crippen molar-refractivity contribution in [1.82, 2.24) is 9.97 Å². The van der Waals surface area contributed by atoms with Gasteiger partial charge in [0, 0.05) is 6.42 Å². The van der Waals surface area contributed by atoms with Gasteiger partial charge in [-0.15, -0.1) is 0 Å². The number of H-pyrrole nitrogens is 1.